The first kappa shape index (κ1) is 12.0. The van der Waals surface area contributed by atoms with Crippen molar-refractivity contribution in [3.05, 3.63) is 0 Å². The summed E-state index contributed by atoms with van der Waals surface area (Å²) in [6, 6.07) is 0.303. The molecule has 4 heteroatoms. The quantitative estimate of drug-likeness (QED) is 0.848. The fourth-order valence-corrected chi connectivity index (χ4v) is 5.93. The third-order valence-corrected chi connectivity index (χ3v) is 6.14. The lowest BCUT2D eigenvalue weighted by Crippen LogP contribution is -2.57. The van der Waals surface area contributed by atoms with E-state index >= 15 is 0 Å². The fraction of sp³-hybridized carbons (Fsp3) is 0.933. The van der Waals surface area contributed by atoms with Gasteiger partial charge < -0.3 is 10.5 Å². The van der Waals surface area contributed by atoms with Gasteiger partial charge in [0.2, 0.25) is 0 Å². The third kappa shape index (κ3) is 1.72. The van der Waals surface area contributed by atoms with E-state index in [9.17, 15) is 4.79 Å². The highest BCUT2D eigenvalue weighted by Crippen LogP contribution is 2.62. The molecule has 4 aliphatic carbocycles. The molecule has 4 bridgehead atoms. The van der Waals surface area contributed by atoms with Gasteiger partial charge in [-0.1, -0.05) is 0 Å². The smallest absolute Gasteiger partial charge is 0.410 e. The van der Waals surface area contributed by atoms with Crippen LogP contribution in [0.5, 0.6) is 0 Å². The van der Waals surface area contributed by atoms with Crippen molar-refractivity contribution >= 4 is 6.09 Å². The minimum Gasteiger partial charge on any atom is -0.447 e. The molecule has 0 aromatic carbocycles. The number of amides is 1. The van der Waals surface area contributed by atoms with Gasteiger partial charge in [0.05, 0.1) is 6.04 Å². The van der Waals surface area contributed by atoms with Crippen molar-refractivity contribution < 1.29 is 9.53 Å². The van der Waals surface area contributed by atoms with E-state index in [1.54, 1.807) is 0 Å². The van der Waals surface area contributed by atoms with Crippen molar-refractivity contribution in [1.82, 2.24) is 4.90 Å². The molecule has 1 amide bonds. The van der Waals surface area contributed by atoms with E-state index in [-0.39, 0.29) is 6.09 Å². The molecular weight excluding hydrogens is 240 g/mol. The van der Waals surface area contributed by atoms with E-state index in [0.717, 1.165) is 17.8 Å². The highest BCUT2D eigenvalue weighted by atomic mass is 16.6. The zero-order valence-corrected chi connectivity index (χ0v) is 11.5. The van der Waals surface area contributed by atoms with Gasteiger partial charge in [0, 0.05) is 13.1 Å². The molecule has 1 saturated heterocycles. The Labute approximate surface area is 114 Å². The van der Waals surface area contributed by atoms with Crippen LogP contribution in [0.1, 0.15) is 38.5 Å². The molecule has 4 saturated carbocycles. The van der Waals surface area contributed by atoms with Crippen LogP contribution in [0.4, 0.5) is 4.79 Å². The Kier molecular flexibility index (Phi) is 2.60. The number of nitrogens with zero attached hydrogens (tertiary/aromatic N) is 1. The van der Waals surface area contributed by atoms with E-state index in [2.05, 4.69) is 0 Å². The Balaban J connectivity index is 1.62. The highest BCUT2D eigenvalue weighted by Gasteiger charge is 2.57. The molecular formula is C15H24N2O2. The summed E-state index contributed by atoms with van der Waals surface area (Å²) in [5.41, 5.74) is 6.03. The molecule has 1 unspecified atom stereocenters. The minimum atomic E-state index is -0.133. The van der Waals surface area contributed by atoms with Crippen LogP contribution < -0.4 is 5.73 Å². The summed E-state index contributed by atoms with van der Waals surface area (Å²) in [5.74, 6) is 2.75. The summed E-state index contributed by atoms with van der Waals surface area (Å²) in [6.07, 6.45) is 8.16. The number of nitrogens with two attached hydrogens (primary N) is 1. The van der Waals surface area contributed by atoms with Crippen LogP contribution >= 0.6 is 0 Å². The second-order valence-corrected chi connectivity index (χ2v) is 7.35. The zero-order chi connectivity index (χ0) is 13.0. The van der Waals surface area contributed by atoms with Crippen LogP contribution in [0.2, 0.25) is 0 Å². The van der Waals surface area contributed by atoms with Crippen LogP contribution in [-0.2, 0) is 4.74 Å². The lowest BCUT2D eigenvalue weighted by Gasteiger charge is -2.59. The molecule has 0 spiro atoms. The molecule has 1 atom stereocenters. The van der Waals surface area contributed by atoms with Gasteiger partial charge in [0.15, 0.2) is 0 Å². The van der Waals surface area contributed by atoms with Crippen LogP contribution in [0.3, 0.4) is 0 Å². The fourth-order valence-electron chi connectivity index (χ4n) is 5.93. The first-order valence-corrected chi connectivity index (χ1v) is 7.84. The standard InChI is InChI=1S/C15H24N2O2/c16-1-2-17-13(9-19-14(17)18)15-6-10-3-11(7-15)5-12(4-10)8-15/h10-13H,1-9,16H2. The van der Waals surface area contributed by atoms with E-state index in [4.69, 9.17) is 10.5 Å². The first-order chi connectivity index (χ1) is 9.20. The number of ether oxygens (including phenoxy) is 1. The molecule has 0 radical (unpaired) electrons. The average Bonchev–Trinajstić information content (AvgIpc) is 2.70. The van der Waals surface area contributed by atoms with Crippen molar-refractivity contribution in [1.29, 1.82) is 0 Å². The summed E-state index contributed by atoms with van der Waals surface area (Å²) in [6.45, 7) is 1.80. The van der Waals surface area contributed by atoms with Gasteiger partial charge in [-0.2, -0.15) is 0 Å². The zero-order valence-electron chi connectivity index (χ0n) is 11.5. The van der Waals surface area contributed by atoms with Crippen LogP contribution in [0, 0.1) is 23.2 Å². The third-order valence-electron chi connectivity index (χ3n) is 6.14. The maximum absolute atomic E-state index is 11.9. The van der Waals surface area contributed by atoms with Gasteiger partial charge in [-0.3, -0.25) is 4.90 Å². The monoisotopic (exact) mass is 264 g/mol. The number of carbonyl (C=O) groups excluding carboxylic acids is 1. The van der Waals surface area contributed by atoms with E-state index in [0.29, 0.717) is 31.2 Å². The van der Waals surface area contributed by atoms with Crippen LogP contribution in [-0.4, -0.2) is 36.7 Å². The summed E-state index contributed by atoms with van der Waals surface area (Å²) in [7, 11) is 0. The van der Waals surface area contributed by atoms with Crippen LogP contribution in [0.15, 0.2) is 0 Å². The average molecular weight is 264 g/mol. The summed E-state index contributed by atoms with van der Waals surface area (Å²) >= 11 is 0. The summed E-state index contributed by atoms with van der Waals surface area (Å²) in [5, 5.41) is 0. The van der Waals surface area contributed by atoms with E-state index < -0.39 is 0 Å². The van der Waals surface area contributed by atoms with Crippen molar-refractivity contribution in [3.8, 4) is 0 Å². The van der Waals surface area contributed by atoms with Gasteiger partial charge in [0.1, 0.15) is 6.61 Å². The lowest BCUT2D eigenvalue weighted by molar-refractivity contribution is -0.0875. The number of hydrogen-bond acceptors (Lipinski definition) is 3. The first-order valence-electron chi connectivity index (χ1n) is 7.84. The Morgan fingerprint density at radius 2 is 1.74 bits per heavy atom. The van der Waals surface area contributed by atoms with E-state index in [1.165, 1.54) is 38.5 Å². The Morgan fingerprint density at radius 1 is 1.16 bits per heavy atom. The van der Waals surface area contributed by atoms with E-state index in [1.807, 2.05) is 4.90 Å². The Morgan fingerprint density at radius 3 is 2.26 bits per heavy atom. The van der Waals surface area contributed by atoms with Crippen molar-refractivity contribution in [3.63, 3.8) is 0 Å². The molecule has 2 N–H and O–H groups in total. The van der Waals surface area contributed by atoms with Crippen molar-refractivity contribution in [2.75, 3.05) is 19.7 Å². The van der Waals surface area contributed by atoms with Gasteiger partial charge in [-0.15, -0.1) is 0 Å². The van der Waals surface area contributed by atoms with Crippen molar-refractivity contribution in [2.45, 2.75) is 44.6 Å². The minimum absolute atomic E-state index is 0.133. The summed E-state index contributed by atoms with van der Waals surface area (Å²) < 4.78 is 5.35. The normalized spacial score (nSPS) is 47.8. The predicted octanol–water partition coefficient (Wildman–Crippen LogP) is 1.98. The lowest BCUT2D eigenvalue weighted by atomic mass is 9.47. The molecule has 5 aliphatic rings. The topological polar surface area (TPSA) is 55.6 Å². The number of hydrogen-bond donors (Lipinski definition) is 1. The molecule has 1 heterocycles. The molecule has 19 heavy (non-hydrogen) atoms. The highest BCUT2D eigenvalue weighted by molar-refractivity contribution is 5.70. The molecule has 0 aromatic heterocycles. The molecule has 106 valence electrons. The molecule has 1 aliphatic heterocycles. The van der Waals surface area contributed by atoms with Gasteiger partial charge in [-0.05, 0) is 61.7 Å². The van der Waals surface area contributed by atoms with Gasteiger partial charge >= 0.3 is 6.09 Å². The predicted molar refractivity (Wildman–Crippen MR) is 71.5 cm³/mol. The number of cyclic esters (lactones) is 1. The SMILES string of the molecule is NCCN1C(=O)OCC1C12CC3CC(CC(C3)C1)C2. The van der Waals surface area contributed by atoms with Gasteiger partial charge in [-0.25, -0.2) is 4.79 Å². The maximum Gasteiger partial charge on any atom is 0.410 e. The second-order valence-electron chi connectivity index (χ2n) is 7.35. The Bertz CT molecular complexity index is 360. The maximum atomic E-state index is 11.9. The molecule has 0 aromatic rings. The molecule has 5 rings (SSSR count). The van der Waals surface area contributed by atoms with Gasteiger partial charge in [0.25, 0.3) is 0 Å². The largest absolute Gasteiger partial charge is 0.447 e. The van der Waals surface area contributed by atoms with Crippen LogP contribution in [0.25, 0.3) is 0 Å². The number of carbonyl (C=O) groups is 1. The second kappa shape index (κ2) is 4.11. The summed E-state index contributed by atoms with van der Waals surface area (Å²) in [4.78, 5) is 13.9. The molecule has 5 fully saturated rings. The number of rotatable bonds is 3. The Hall–Kier alpha value is -0.770. The van der Waals surface area contributed by atoms with Crippen molar-refractivity contribution in [2.24, 2.45) is 28.9 Å². The molecule has 4 nitrogen and oxygen atoms in total.